The number of nitrogens with one attached hydrogen (secondary N) is 2. The van der Waals surface area contributed by atoms with E-state index < -0.39 is 0 Å². The molecule has 142 valence electrons. The van der Waals surface area contributed by atoms with Gasteiger partial charge >= 0.3 is 5.69 Å². The van der Waals surface area contributed by atoms with Crippen LogP contribution in [0.15, 0.2) is 9.79 Å². The van der Waals surface area contributed by atoms with Gasteiger partial charge in [0.25, 0.3) is 0 Å². The maximum Gasteiger partial charge on any atom is 0.345 e. The fourth-order valence-electron chi connectivity index (χ4n) is 3.23. The van der Waals surface area contributed by atoms with Gasteiger partial charge in [0.05, 0.1) is 0 Å². The highest BCUT2D eigenvalue weighted by Gasteiger charge is 2.16. The van der Waals surface area contributed by atoms with Crippen LogP contribution in [0.4, 0.5) is 0 Å². The number of hydrogen-bond acceptors (Lipinski definition) is 3. The molecule has 0 saturated carbocycles. The van der Waals surface area contributed by atoms with E-state index in [1.165, 1.54) is 19.3 Å². The van der Waals surface area contributed by atoms with Gasteiger partial charge in [-0.3, -0.25) is 9.56 Å². The van der Waals surface area contributed by atoms with Gasteiger partial charge in [0.2, 0.25) is 0 Å². The summed E-state index contributed by atoms with van der Waals surface area (Å²) >= 11 is 0. The predicted octanol–water partition coefficient (Wildman–Crippen LogP) is 1.91. The Morgan fingerprint density at radius 2 is 2.16 bits per heavy atom. The molecule has 0 aromatic carbocycles. The first kappa shape index (κ1) is 19.5. The molecule has 25 heavy (non-hydrogen) atoms. The van der Waals surface area contributed by atoms with E-state index in [1.54, 1.807) is 11.7 Å². The predicted molar refractivity (Wildman–Crippen MR) is 102 cm³/mol. The van der Waals surface area contributed by atoms with E-state index in [4.69, 9.17) is 0 Å². The SMILES string of the molecule is CCCCCC(C)NC(=NC)NCCCn1nc2n(c1=O)CCCC2. The van der Waals surface area contributed by atoms with Crippen molar-refractivity contribution in [1.82, 2.24) is 25.0 Å². The van der Waals surface area contributed by atoms with Crippen LogP contribution in [-0.2, 0) is 19.5 Å². The van der Waals surface area contributed by atoms with Crippen LogP contribution in [0.3, 0.4) is 0 Å². The minimum atomic E-state index is 0.0433. The first-order chi connectivity index (χ1) is 12.2. The Morgan fingerprint density at radius 1 is 1.32 bits per heavy atom. The van der Waals surface area contributed by atoms with Gasteiger partial charge in [-0.1, -0.05) is 26.2 Å². The molecular weight excluding hydrogens is 316 g/mol. The fraction of sp³-hybridized carbons (Fsp3) is 0.833. The summed E-state index contributed by atoms with van der Waals surface area (Å²) in [6, 6.07) is 0.417. The highest BCUT2D eigenvalue weighted by atomic mass is 16.2. The van der Waals surface area contributed by atoms with Gasteiger partial charge in [0, 0.05) is 39.1 Å². The van der Waals surface area contributed by atoms with Crippen LogP contribution in [0, 0.1) is 0 Å². The van der Waals surface area contributed by atoms with Gasteiger partial charge in [0.1, 0.15) is 5.82 Å². The van der Waals surface area contributed by atoms with Gasteiger partial charge < -0.3 is 10.6 Å². The van der Waals surface area contributed by atoms with Crippen molar-refractivity contribution in [2.45, 2.75) is 84.3 Å². The quantitative estimate of drug-likeness (QED) is 0.405. The zero-order valence-corrected chi connectivity index (χ0v) is 16.1. The van der Waals surface area contributed by atoms with Crippen LogP contribution in [0.2, 0.25) is 0 Å². The molecule has 2 rings (SSSR count). The Morgan fingerprint density at radius 3 is 2.88 bits per heavy atom. The molecule has 0 fully saturated rings. The van der Waals surface area contributed by atoms with Crippen molar-refractivity contribution in [2.24, 2.45) is 4.99 Å². The zero-order valence-electron chi connectivity index (χ0n) is 16.1. The molecular formula is C18H34N6O. The minimum Gasteiger partial charge on any atom is -0.356 e. The number of aliphatic imine (C=N–C) groups is 1. The molecule has 2 N–H and O–H groups in total. The summed E-state index contributed by atoms with van der Waals surface area (Å²) in [6.45, 7) is 6.65. The number of fused-ring (bicyclic) bond motifs is 1. The van der Waals surface area contributed by atoms with Crippen LogP contribution >= 0.6 is 0 Å². The lowest BCUT2D eigenvalue weighted by molar-refractivity contribution is 0.508. The topological polar surface area (TPSA) is 76.2 Å². The highest BCUT2D eigenvalue weighted by molar-refractivity contribution is 5.79. The largest absolute Gasteiger partial charge is 0.356 e. The van der Waals surface area contributed by atoms with E-state index in [2.05, 4.69) is 34.6 Å². The number of nitrogens with zero attached hydrogens (tertiary/aromatic N) is 4. The van der Waals surface area contributed by atoms with Gasteiger partial charge in [0.15, 0.2) is 5.96 Å². The average molecular weight is 351 g/mol. The molecule has 0 amide bonds. The molecule has 0 bridgehead atoms. The summed E-state index contributed by atoms with van der Waals surface area (Å²) in [6.07, 6.45) is 8.92. The molecule has 0 radical (unpaired) electrons. The minimum absolute atomic E-state index is 0.0433. The van der Waals surface area contributed by atoms with Crippen molar-refractivity contribution in [2.75, 3.05) is 13.6 Å². The molecule has 0 spiro atoms. The van der Waals surface area contributed by atoms with Gasteiger partial charge in [-0.25, -0.2) is 9.48 Å². The summed E-state index contributed by atoms with van der Waals surface area (Å²) in [7, 11) is 1.79. The number of aryl methyl sites for hydroxylation is 2. The number of hydrogen-bond donors (Lipinski definition) is 2. The average Bonchev–Trinajstić information content (AvgIpc) is 2.94. The van der Waals surface area contributed by atoms with E-state index in [0.29, 0.717) is 12.6 Å². The second-order valence-corrected chi connectivity index (χ2v) is 6.92. The lowest BCUT2D eigenvalue weighted by Gasteiger charge is -2.17. The van der Waals surface area contributed by atoms with E-state index in [9.17, 15) is 4.79 Å². The number of unbranched alkanes of at least 4 members (excludes halogenated alkanes) is 2. The van der Waals surface area contributed by atoms with Crippen molar-refractivity contribution in [3.05, 3.63) is 16.3 Å². The van der Waals surface area contributed by atoms with Gasteiger partial charge in [-0.05, 0) is 32.6 Å². The van der Waals surface area contributed by atoms with Crippen molar-refractivity contribution >= 4 is 5.96 Å². The second kappa shape index (κ2) is 10.3. The maximum atomic E-state index is 12.3. The fourth-order valence-corrected chi connectivity index (χ4v) is 3.23. The molecule has 1 unspecified atom stereocenters. The third-order valence-electron chi connectivity index (χ3n) is 4.72. The lowest BCUT2D eigenvalue weighted by atomic mass is 10.1. The summed E-state index contributed by atoms with van der Waals surface area (Å²) in [4.78, 5) is 16.6. The molecule has 0 saturated heterocycles. The molecule has 1 aliphatic rings. The summed E-state index contributed by atoms with van der Waals surface area (Å²) in [5, 5.41) is 11.2. The molecule has 1 atom stereocenters. The van der Waals surface area contributed by atoms with E-state index >= 15 is 0 Å². The standard InChI is InChI=1S/C18H34N6O/c1-4-5-6-10-15(2)21-17(19-3)20-12-9-14-24-18(25)23-13-8-7-11-16(23)22-24/h15H,4-14H2,1-3H3,(H2,19,20,21). The normalized spacial score (nSPS) is 15.7. The third-order valence-corrected chi connectivity index (χ3v) is 4.72. The van der Waals surface area contributed by atoms with E-state index in [0.717, 1.165) is 57.0 Å². The van der Waals surface area contributed by atoms with Crippen molar-refractivity contribution < 1.29 is 0 Å². The Kier molecular flexibility index (Phi) is 8.01. The lowest BCUT2D eigenvalue weighted by Crippen LogP contribution is -2.42. The van der Waals surface area contributed by atoms with Gasteiger partial charge in [-0.15, -0.1) is 0 Å². The molecule has 7 nitrogen and oxygen atoms in total. The Balaban J connectivity index is 1.71. The third kappa shape index (κ3) is 5.90. The first-order valence-corrected chi connectivity index (χ1v) is 9.79. The first-order valence-electron chi connectivity index (χ1n) is 9.79. The molecule has 0 aliphatic carbocycles. The van der Waals surface area contributed by atoms with E-state index in [1.807, 2.05) is 4.57 Å². The Hall–Kier alpha value is -1.79. The highest BCUT2D eigenvalue weighted by Crippen LogP contribution is 2.09. The van der Waals surface area contributed by atoms with Crippen LogP contribution in [0.25, 0.3) is 0 Å². The molecule has 1 aromatic heterocycles. The van der Waals surface area contributed by atoms with Crippen LogP contribution in [0.5, 0.6) is 0 Å². The second-order valence-electron chi connectivity index (χ2n) is 6.92. The summed E-state index contributed by atoms with van der Waals surface area (Å²) in [5.41, 5.74) is 0.0433. The van der Waals surface area contributed by atoms with E-state index in [-0.39, 0.29) is 5.69 Å². The number of guanidine groups is 1. The summed E-state index contributed by atoms with van der Waals surface area (Å²) in [5.74, 6) is 1.78. The van der Waals surface area contributed by atoms with Crippen LogP contribution in [-0.4, -0.2) is 39.9 Å². The zero-order chi connectivity index (χ0) is 18.1. The number of rotatable bonds is 9. The van der Waals surface area contributed by atoms with Crippen LogP contribution < -0.4 is 16.3 Å². The monoisotopic (exact) mass is 350 g/mol. The number of aromatic nitrogens is 3. The van der Waals surface area contributed by atoms with Crippen molar-refractivity contribution in [1.29, 1.82) is 0 Å². The molecule has 1 aliphatic heterocycles. The summed E-state index contributed by atoms with van der Waals surface area (Å²) < 4.78 is 3.45. The molecule has 2 heterocycles. The van der Waals surface area contributed by atoms with Gasteiger partial charge in [-0.2, -0.15) is 5.10 Å². The van der Waals surface area contributed by atoms with Crippen molar-refractivity contribution in [3.63, 3.8) is 0 Å². The maximum absolute atomic E-state index is 12.3. The molecule has 1 aromatic rings. The Labute approximate surface area is 150 Å². The molecule has 7 heteroatoms. The smallest absolute Gasteiger partial charge is 0.345 e. The van der Waals surface area contributed by atoms with Crippen molar-refractivity contribution in [3.8, 4) is 0 Å². The Bertz CT molecular complexity index is 603. The van der Waals surface area contributed by atoms with Crippen LogP contribution in [0.1, 0.15) is 64.6 Å².